The molecule has 0 saturated carbocycles. The van der Waals surface area contributed by atoms with Gasteiger partial charge in [-0.05, 0) is 140 Å². The van der Waals surface area contributed by atoms with Gasteiger partial charge >= 0.3 is 12.2 Å². The molecule has 3 aromatic rings. The third kappa shape index (κ3) is 27.3. The topological polar surface area (TPSA) is 375 Å². The van der Waals surface area contributed by atoms with Gasteiger partial charge in [0, 0.05) is 62.6 Å². The molecule has 0 aromatic heterocycles. The summed E-state index contributed by atoms with van der Waals surface area (Å²) in [6.07, 6.45) is -2.07. The lowest BCUT2D eigenvalue weighted by Crippen LogP contribution is -2.62. The average molecular weight is 1360 g/mol. The molecular formula is C68H95N9O16S2. The van der Waals surface area contributed by atoms with Crippen LogP contribution in [0.25, 0.3) is 5.57 Å². The van der Waals surface area contributed by atoms with E-state index in [4.69, 9.17) is 9.47 Å². The van der Waals surface area contributed by atoms with Crippen molar-refractivity contribution in [3.8, 4) is 5.75 Å². The number of allylic oxidation sites excluding steroid dienone is 1. The first kappa shape index (κ1) is 77.7. The zero-order valence-corrected chi connectivity index (χ0v) is 57.3. The number of fused-ring (bicyclic) bond motifs is 1. The molecule has 520 valence electrons. The van der Waals surface area contributed by atoms with Crippen molar-refractivity contribution in [1.82, 2.24) is 47.9 Å². The van der Waals surface area contributed by atoms with E-state index in [9.17, 15) is 53.7 Å². The van der Waals surface area contributed by atoms with Gasteiger partial charge in [-0.3, -0.25) is 43.2 Å². The van der Waals surface area contributed by atoms with Gasteiger partial charge in [-0.25, -0.2) is 9.59 Å². The molecule has 1 aliphatic carbocycles. The average Bonchev–Trinajstić information content (AvgIpc) is 1.75. The number of phenols is 1. The van der Waals surface area contributed by atoms with Crippen molar-refractivity contribution in [1.29, 1.82) is 0 Å². The van der Waals surface area contributed by atoms with Gasteiger partial charge in [0.05, 0.1) is 18.2 Å². The predicted octanol–water partition coefficient (Wildman–Crippen LogP) is 4.70. The summed E-state index contributed by atoms with van der Waals surface area (Å²) in [5.74, 6) is -9.01. The van der Waals surface area contributed by atoms with Crippen LogP contribution < -0.4 is 47.9 Å². The summed E-state index contributed by atoms with van der Waals surface area (Å²) in [5, 5.41) is 56.6. The standard InChI is InChI=1S/C68H95N9O16S2/c1-10-19-56(83)69-33-18-25-54(81)57(40(2)78)76-63(88)53-39-95-94-38-52(73-61(86)50(35-42-20-12-11-13-21-42)75-66(91)93-68(7,8)9)55(82)37-46(34-43-26-30-47(80)31-27-43)59(84)72-51(36-45-29-28-44-22-14-15-23-48(44)45)62(87)71-49(60(85)77-58(41(3)79)64(89)74-53)24-16-17-32-70-65(90)92-67(4,5)6/h11-15,20-23,26-27,29-31,40-41,46,49-53,57-58,78-80H,10,16-19,24-25,28,32-39H2,1-9H3,(H,69,83)(H,70,90)(H,71,87)(H,72,84)(H,73,86)(H,74,89)(H,75,91)(H,76,88)(H,77,85)/t40-,41-,46-,49+,50-,51-,52+,53+,57+,58+/m1/s1. The Bertz CT molecular complexity index is 3150. The Balaban J connectivity index is 1.62. The third-order valence-electron chi connectivity index (χ3n) is 15.2. The molecule has 12 N–H and O–H groups in total. The minimum absolute atomic E-state index is 0.0625. The van der Waals surface area contributed by atoms with Crippen LogP contribution in [0, 0.1) is 5.92 Å². The molecule has 10 atom stereocenters. The van der Waals surface area contributed by atoms with E-state index in [0.29, 0.717) is 29.5 Å². The molecule has 1 aliphatic heterocycles. The zero-order valence-electron chi connectivity index (χ0n) is 55.6. The Kier molecular flexibility index (Phi) is 31.0. The Morgan fingerprint density at radius 1 is 0.663 bits per heavy atom. The monoisotopic (exact) mass is 1360 g/mol. The van der Waals surface area contributed by atoms with Crippen LogP contribution in [0.1, 0.15) is 142 Å². The van der Waals surface area contributed by atoms with Gasteiger partial charge in [-0.1, -0.05) is 101 Å². The zero-order chi connectivity index (χ0) is 70.0. The highest BCUT2D eigenvalue weighted by atomic mass is 33.1. The fraction of sp³-hybridized carbons (Fsp3) is 0.544. The van der Waals surface area contributed by atoms with Crippen LogP contribution >= 0.6 is 21.6 Å². The molecule has 2 aliphatic rings. The Labute approximate surface area is 563 Å². The fourth-order valence-electron chi connectivity index (χ4n) is 10.4. The van der Waals surface area contributed by atoms with Crippen LogP contribution in [0.15, 0.2) is 84.9 Å². The molecule has 0 spiro atoms. The molecule has 3 aromatic carbocycles. The normalized spacial score (nSPS) is 20.6. The molecule has 95 heavy (non-hydrogen) atoms. The predicted molar refractivity (Wildman–Crippen MR) is 361 cm³/mol. The minimum Gasteiger partial charge on any atom is -0.508 e. The van der Waals surface area contributed by atoms with Crippen molar-refractivity contribution in [2.45, 2.75) is 205 Å². The lowest BCUT2D eigenvalue weighted by atomic mass is 9.90. The maximum Gasteiger partial charge on any atom is 0.408 e. The molecule has 1 heterocycles. The largest absolute Gasteiger partial charge is 0.508 e. The van der Waals surface area contributed by atoms with Crippen LogP contribution in [-0.4, -0.2) is 171 Å². The third-order valence-corrected chi connectivity index (χ3v) is 17.6. The number of carbonyl (C=O) groups excluding carboxylic acids is 11. The lowest BCUT2D eigenvalue weighted by Gasteiger charge is -2.29. The first-order chi connectivity index (χ1) is 44.9. The number of benzene rings is 3. The van der Waals surface area contributed by atoms with Crippen LogP contribution in [-0.2, 0) is 71.9 Å². The van der Waals surface area contributed by atoms with E-state index in [-0.39, 0.29) is 94.0 Å². The highest BCUT2D eigenvalue weighted by Crippen LogP contribution is 2.32. The van der Waals surface area contributed by atoms with Crippen molar-refractivity contribution in [3.05, 3.63) is 107 Å². The number of Topliss-reactive ketones (excluding diaryl/α,β-unsaturated/α-hetero) is 2. The molecule has 0 bridgehead atoms. The van der Waals surface area contributed by atoms with Crippen molar-refractivity contribution < 1.29 is 77.5 Å². The maximum atomic E-state index is 15.3. The van der Waals surface area contributed by atoms with E-state index in [0.717, 1.165) is 32.7 Å². The minimum atomic E-state index is -1.82. The van der Waals surface area contributed by atoms with Crippen molar-refractivity contribution >= 4 is 92.3 Å². The first-order valence-corrected chi connectivity index (χ1v) is 34.7. The highest BCUT2D eigenvalue weighted by Gasteiger charge is 2.38. The van der Waals surface area contributed by atoms with E-state index in [1.54, 1.807) is 84.0 Å². The van der Waals surface area contributed by atoms with E-state index >= 15 is 14.4 Å². The second-order valence-electron chi connectivity index (χ2n) is 25.8. The summed E-state index contributed by atoms with van der Waals surface area (Å²) in [6.45, 7) is 14.6. The molecule has 27 heteroatoms. The number of nitrogens with one attached hydrogen (secondary N) is 9. The highest BCUT2D eigenvalue weighted by molar-refractivity contribution is 8.76. The quantitative estimate of drug-likeness (QED) is 0.0404. The molecule has 9 amide bonds. The van der Waals surface area contributed by atoms with Crippen LogP contribution in [0.2, 0.25) is 0 Å². The van der Waals surface area contributed by atoms with Gasteiger partial charge in [0.1, 0.15) is 53.2 Å². The molecular weight excluding hydrogens is 1260 g/mol. The van der Waals surface area contributed by atoms with Crippen LogP contribution in [0.3, 0.4) is 0 Å². The molecule has 5 rings (SSSR count). The number of aliphatic hydroxyl groups is 2. The van der Waals surface area contributed by atoms with Gasteiger partial charge in [-0.2, -0.15) is 0 Å². The van der Waals surface area contributed by atoms with Crippen molar-refractivity contribution in [2.75, 3.05) is 24.6 Å². The van der Waals surface area contributed by atoms with Gasteiger partial charge in [0.25, 0.3) is 0 Å². The summed E-state index contributed by atoms with van der Waals surface area (Å²) in [4.78, 5) is 156. The fourth-order valence-corrected chi connectivity index (χ4v) is 12.7. The number of aromatic hydroxyl groups is 1. The number of aliphatic hydroxyl groups excluding tert-OH is 2. The number of unbranched alkanes of at least 4 members (excludes halogenated alkanes) is 1. The first-order valence-electron chi connectivity index (χ1n) is 32.2. The van der Waals surface area contributed by atoms with Gasteiger partial charge in [-0.15, -0.1) is 0 Å². The van der Waals surface area contributed by atoms with E-state index in [1.807, 2.05) is 37.3 Å². The van der Waals surface area contributed by atoms with E-state index < -0.39 is 137 Å². The van der Waals surface area contributed by atoms with Crippen molar-refractivity contribution in [2.24, 2.45) is 5.92 Å². The number of ketones is 2. The number of ether oxygens (including phenoxy) is 2. The van der Waals surface area contributed by atoms with Crippen LogP contribution in [0.4, 0.5) is 9.59 Å². The summed E-state index contributed by atoms with van der Waals surface area (Å²) in [6, 6.07) is 11.4. The molecule has 1 saturated heterocycles. The lowest BCUT2D eigenvalue weighted by molar-refractivity contribution is -0.137. The van der Waals surface area contributed by atoms with Crippen LogP contribution in [0.5, 0.6) is 5.75 Å². The van der Waals surface area contributed by atoms with Gasteiger partial charge < -0.3 is 72.6 Å². The van der Waals surface area contributed by atoms with Crippen molar-refractivity contribution in [3.63, 3.8) is 0 Å². The Morgan fingerprint density at radius 2 is 1.29 bits per heavy atom. The number of alkyl carbamates (subject to hydrolysis) is 2. The molecule has 0 unspecified atom stereocenters. The number of carbonyl (C=O) groups is 11. The Hall–Kier alpha value is -8.01. The SMILES string of the molecule is CCCC(=O)NCCCC(=O)[C@@H](NC(=O)[C@@H]1CSSC[C@H](NC(=O)[C@@H](Cc2ccccc2)NC(=O)OC(C)(C)C)C(=O)C[C@@H](Cc2ccc(O)cc2)C(=O)N[C@H](CC2=CCc3ccccc32)C(=O)N[C@@H](CCCCNC(=O)OC(C)(C)C)C(=O)N[C@@H]([C@@H](C)O)C(=O)N1)[C@@H](C)O. The molecule has 25 nitrogen and oxygen atoms in total. The number of phenolic OH excluding ortho intramolecular Hbond substituents is 1. The summed E-state index contributed by atoms with van der Waals surface area (Å²) in [7, 11) is 1.89. The molecule has 1 fully saturated rings. The second kappa shape index (κ2) is 37.9. The summed E-state index contributed by atoms with van der Waals surface area (Å²) in [5.41, 5.74) is 1.80. The molecule has 0 radical (unpaired) electrons. The number of amides is 9. The maximum absolute atomic E-state index is 15.3. The van der Waals surface area contributed by atoms with E-state index in [1.165, 1.54) is 26.0 Å². The van der Waals surface area contributed by atoms with Gasteiger partial charge in [0.2, 0.25) is 41.4 Å². The number of rotatable bonds is 25. The summed E-state index contributed by atoms with van der Waals surface area (Å²) >= 11 is 0. The second-order valence-corrected chi connectivity index (χ2v) is 28.3. The smallest absolute Gasteiger partial charge is 0.408 e. The van der Waals surface area contributed by atoms with E-state index in [2.05, 4.69) is 47.9 Å². The number of hydrogen-bond acceptors (Lipinski definition) is 18. The Morgan fingerprint density at radius 3 is 1.96 bits per heavy atom. The summed E-state index contributed by atoms with van der Waals surface area (Å²) < 4.78 is 10.9. The van der Waals surface area contributed by atoms with Gasteiger partial charge in [0.15, 0.2) is 11.6 Å². The number of hydrogen-bond donors (Lipinski definition) is 12.